The molecule has 1 aliphatic carbocycles. The molecule has 3 aliphatic heterocycles. The number of nitrogens with zero attached hydrogens (tertiary/aromatic N) is 4. The van der Waals surface area contributed by atoms with Gasteiger partial charge in [0.05, 0.1) is 18.7 Å². The van der Waals surface area contributed by atoms with Crippen LogP contribution in [0.25, 0.3) is 32.9 Å². The molecule has 2 atom stereocenters. The first kappa shape index (κ1) is 22.3. The van der Waals surface area contributed by atoms with Crippen molar-refractivity contribution in [2.75, 3.05) is 25.1 Å². The zero-order valence-electron chi connectivity index (χ0n) is 20.3. The normalized spacial score (nSPS) is 21.1. The maximum Gasteiger partial charge on any atom is 0.227 e. The summed E-state index contributed by atoms with van der Waals surface area (Å²) in [5.74, 6) is 2.00. The summed E-state index contributed by atoms with van der Waals surface area (Å²) in [6.45, 7) is 1.64. The number of fused-ring (bicyclic) bond motifs is 5. The molecule has 3 saturated heterocycles. The predicted molar refractivity (Wildman–Crippen MR) is 137 cm³/mol. The Kier molecular flexibility index (Phi) is 4.85. The molecule has 0 spiro atoms. The number of piperazine rings is 1. The number of methoxy groups -OCH3 is 1. The Balaban J connectivity index is 1.54. The first-order chi connectivity index (χ1) is 18.0. The summed E-state index contributed by atoms with van der Waals surface area (Å²) in [6, 6.07) is 6.31. The fourth-order valence-corrected chi connectivity index (χ4v) is 5.98. The standard InChI is InChI=1S/C28H25F2N5O2/c1-3-19-21(29)9-4-14-10-18(36)11-20(22(14)19)25-24(30)26-23(28(32-25)37-2)27(33-35(26)16-7-8-16)34-13-15-5-6-17(34)12-31-15/h1,4,9-11,15-17,31,36H,5-8,12-13H2,2H3. The van der Waals surface area contributed by atoms with Crippen LogP contribution in [0.2, 0.25) is 0 Å². The van der Waals surface area contributed by atoms with Crippen molar-refractivity contribution in [1.82, 2.24) is 20.1 Å². The summed E-state index contributed by atoms with van der Waals surface area (Å²) in [6.07, 6.45) is 9.62. The molecule has 188 valence electrons. The summed E-state index contributed by atoms with van der Waals surface area (Å²) < 4.78 is 38.9. The van der Waals surface area contributed by atoms with E-state index in [1.54, 1.807) is 4.68 Å². The van der Waals surface area contributed by atoms with Crippen LogP contribution in [0.4, 0.5) is 14.6 Å². The second kappa shape index (κ2) is 8.05. The summed E-state index contributed by atoms with van der Waals surface area (Å²) in [5.41, 5.74) is 0.430. The average molecular weight is 502 g/mol. The fraction of sp³-hybridized carbons (Fsp3) is 0.357. The number of phenols is 1. The number of benzene rings is 2. The van der Waals surface area contributed by atoms with Crippen molar-refractivity contribution in [2.24, 2.45) is 0 Å². The van der Waals surface area contributed by atoms with Crippen LogP contribution in [0.15, 0.2) is 24.3 Å². The third kappa shape index (κ3) is 3.28. The molecular weight excluding hydrogens is 476 g/mol. The lowest BCUT2D eigenvalue weighted by Crippen LogP contribution is -2.61. The van der Waals surface area contributed by atoms with Gasteiger partial charge in [0, 0.05) is 36.1 Å². The van der Waals surface area contributed by atoms with E-state index in [9.17, 15) is 9.50 Å². The Morgan fingerprint density at radius 2 is 1.95 bits per heavy atom. The highest BCUT2D eigenvalue weighted by Gasteiger charge is 2.39. The number of aromatic nitrogens is 3. The Morgan fingerprint density at radius 3 is 2.59 bits per heavy atom. The number of phenolic OH excluding ortho intramolecular Hbond substituents is 1. The Labute approximate surface area is 212 Å². The topological polar surface area (TPSA) is 75.4 Å². The first-order valence-electron chi connectivity index (χ1n) is 12.6. The Morgan fingerprint density at radius 1 is 1.14 bits per heavy atom. The van der Waals surface area contributed by atoms with E-state index in [1.165, 1.54) is 31.4 Å². The molecule has 7 nitrogen and oxygen atoms in total. The van der Waals surface area contributed by atoms with Crippen molar-refractivity contribution in [1.29, 1.82) is 0 Å². The van der Waals surface area contributed by atoms with E-state index in [4.69, 9.17) is 16.3 Å². The van der Waals surface area contributed by atoms with Crippen molar-refractivity contribution < 1.29 is 18.6 Å². The molecule has 1 saturated carbocycles. The van der Waals surface area contributed by atoms with Crippen LogP contribution >= 0.6 is 0 Å². The number of pyridine rings is 1. The van der Waals surface area contributed by atoms with Crippen LogP contribution in [0, 0.1) is 24.0 Å². The van der Waals surface area contributed by atoms with Crippen molar-refractivity contribution in [3.63, 3.8) is 0 Å². The van der Waals surface area contributed by atoms with Gasteiger partial charge in [0.2, 0.25) is 5.88 Å². The summed E-state index contributed by atoms with van der Waals surface area (Å²) in [7, 11) is 1.50. The fourth-order valence-electron chi connectivity index (χ4n) is 5.98. The molecule has 2 unspecified atom stereocenters. The number of piperidine rings is 2. The lowest BCUT2D eigenvalue weighted by atomic mass is 9.93. The molecule has 4 fully saturated rings. The molecule has 37 heavy (non-hydrogen) atoms. The quantitative estimate of drug-likeness (QED) is 0.401. The highest BCUT2D eigenvalue weighted by Crippen LogP contribution is 2.47. The van der Waals surface area contributed by atoms with Gasteiger partial charge >= 0.3 is 0 Å². The lowest BCUT2D eigenvalue weighted by molar-refractivity contribution is 0.288. The van der Waals surface area contributed by atoms with Gasteiger partial charge in [-0.1, -0.05) is 12.0 Å². The molecule has 8 rings (SSSR count). The molecule has 5 heterocycles. The van der Waals surface area contributed by atoms with E-state index >= 15 is 4.39 Å². The van der Waals surface area contributed by atoms with Crippen LogP contribution in [-0.2, 0) is 0 Å². The minimum absolute atomic E-state index is 0.0130. The number of anilines is 1. The largest absolute Gasteiger partial charge is 0.508 e. The van der Waals surface area contributed by atoms with Gasteiger partial charge in [-0.2, -0.15) is 5.10 Å². The highest BCUT2D eigenvalue weighted by atomic mass is 19.1. The van der Waals surface area contributed by atoms with E-state index in [0.29, 0.717) is 33.5 Å². The number of rotatable bonds is 4. The van der Waals surface area contributed by atoms with Gasteiger partial charge in [-0.05, 0) is 49.3 Å². The van der Waals surface area contributed by atoms with E-state index in [2.05, 4.69) is 21.1 Å². The molecule has 4 aromatic rings. The minimum atomic E-state index is -0.602. The van der Waals surface area contributed by atoms with E-state index in [0.717, 1.165) is 38.8 Å². The number of halogens is 2. The van der Waals surface area contributed by atoms with Crippen LogP contribution in [0.5, 0.6) is 11.6 Å². The van der Waals surface area contributed by atoms with Gasteiger partial charge in [-0.3, -0.25) is 4.68 Å². The maximum atomic E-state index is 16.6. The second-order valence-corrected chi connectivity index (χ2v) is 10.2. The van der Waals surface area contributed by atoms with Gasteiger partial charge in [-0.25, -0.2) is 13.8 Å². The second-order valence-electron chi connectivity index (χ2n) is 10.2. The van der Waals surface area contributed by atoms with E-state index in [-0.39, 0.29) is 40.5 Å². The van der Waals surface area contributed by atoms with Crippen LogP contribution in [0.3, 0.4) is 0 Å². The average Bonchev–Trinajstić information content (AvgIpc) is 3.69. The summed E-state index contributed by atoms with van der Waals surface area (Å²) >= 11 is 0. The highest BCUT2D eigenvalue weighted by molar-refractivity contribution is 6.04. The summed E-state index contributed by atoms with van der Waals surface area (Å²) in [4.78, 5) is 6.86. The number of hydrogen-bond donors (Lipinski definition) is 2. The third-order valence-electron chi connectivity index (χ3n) is 7.89. The van der Waals surface area contributed by atoms with Crippen LogP contribution in [-0.4, -0.2) is 52.2 Å². The van der Waals surface area contributed by atoms with Crippen LogP contribution < -0.4 is 15.0 Å². The number of terminal acetylenes is 1. The van der Waals surface area contributed by atoms with Crippen molar-refractivity contribution in [3.8, 4) is 35.2 Å². The monoisotopic (exact) mass is 501 g/mol. The Bertz CT molecular complexity index is 1630. The SMILES string of the molecule is C#Cc1c(F)ccc2cc(O)cc(-c3nc(OC)c4c(N5CC6CCC5CN6)nn(C5CC5)c4c3F)c12. The number of nitrogens with one attached hydrogen (secondary N) is 1. The molecule has 2 N–H and O–H groups in total. The van der Waals surface area contributed by atoms with Gasteiger partial charge in [-0.15, -0.1) is 6.42 Å². The molecule has 2 aromatic heterocycles. The van der Waals surface area contributed by atoms with Gasteiger partial charge in [0.15, 0.2) is 11.6 Å². The zero-order valence-corrected chi connectivity index (χ0v) is 20.3. The minimum Gasteiger partial charge on any atom is -0.508 e. The molecule has 0 radical (unpaired) electrons. The number of hydrogen-bond acceptors (Lipinski definition) is 6. The van der Waals surface area contributed by atoms with E-state index in [1.807, 2.05) is 0 Å². The molecular formula is C28H25F2N5O2. The van der Waals surface area contributed by atoms with Gasteiger partial charge < -0.3 is 20.1 Å². The van der Waals surface area contributed by atoms with Gasteiger partial charge in [0.25, 0.3) is 0 Å². The molecule has 2 aromatic carbocycles. The number of aromatic hydroxyl groups is 1. The third-order valence-corrected chi connectivity index (χ3v) is 7.89. The molecule has 2 bridgehead atoms. The van der Waals surface area contributed by atoms with E-state index < -0.39 is 11.6 Å². The van der Waals surface area contributed by atoms with Gasteiger partial charge in [0.1, 0.15) is 28.2 Å². The lowest BCUT2D eigenvalue weighted by Gasteiger charge is -2.46. The predicted octanol–water partition coefficient (Wildman–Crippen LogP) is 4.50. The summed E-state index contributed by atoms with van der Waals surface area (Å²) in [5, 5.41) is 20.3. The molecule has 0 amide bonds. The molecule has 9 heteroatoms. The van der Waals surface area contributed by atoms with Crippen molar-refractivity contribution in [2.45, 2.75) is 43.8 Å². The van der Waals surface area contributed by atoms with Crippen molar-refractivity contribution >= 4 is 27.5 Å². The zero-order chi connectivity index (χ0) is 25.4. The Hall–Kier alpha value is -3.90. The smallest absolute Gasteiger partial charge is 0.227 e. The van der Waals surface area contributed by atoms with Crippen LogP contribution in [0.1, 0.15) is 37.3 Å². The first-order valence-corrected chi connectivity index (χ1v) is 12.6. The number of ether oxygens (including phenoxy) is 1. The maximum absolute atomic E-state index is 16.6. The van der Waals surface area contributed by atoms with Crippen molar-refractivity contribution in [3.05, 3.63) is 41.5 Å². The molecule has 4 aliphatic rings.